The van der Waals surface area contributed by atoms with Crippen molar-refractivity contribution in [1.29, 1.82) is 0 Å². The summed E-state index contributed by atoms with van der Waals surface area (Å²) in [6.45, 7) is 3.37. The Kier molecular flexibility index (Phi) is 9.16. The number of carbonyl (C=O) groups excluding carboxylic acids is 1. The molecule has 3 aromatic rings. The lowest BCUT2D eigenvalue weighted by Crippen LogP contribution is -2.39. The number of nitrogens with two attached hydrogens (primary N) is 2. The van der Waals surface area contributed by atoms with Crippen LogP contribution in [0.3, 0.4) is 0 Å². The number of amides is 1. The number of fused-ring (bicyclic) bond motifs is 1. The number of halogens is 3. The van der Waals surface area contributed by atoms with Gasteiger partial charge in [-0.1, -0.05) is 13.8 Å². The third-order valence-corrected chi connectivity index (χ3v) is 5.61. The van der Waals surface area contributed by atoms with E-state index in [1.807, 2.05) is 13.8 Å². The minimum atomic E-state index is -3.08. The van der Waals surface area contributed by atoms with Crippen molar-refractivity contribution in [3.8, 4) is 5.88 Å². The highest BCUT2D eigenvalue weighted by molar-refractivity contribution is 5.99. The number of aromatic nitrogens is 3. The SMILES string of the molecule is COCCn1nc(OC(F)F)c2cc(Nc3nc(N[C@H](CC(C)C)[C@H](C)N)c(F)cc3C(N)=O)ccc21. The summed E-state index contributed by atoms with van der Waals surface area (Å²) in [6, 6.07) is 5.18. The van der Waals surface area contributed by atoms with Gasteiger partial charge in [-0.25, -0.2) is 9.37 Å². The van der Waals surface area contributed by atoms with E-state index in [2.05, 4.69) is 25.5 Å². The maximum Gasteiger partial charge on any atom is 0.388 e. The van der Waals surface area contributed by atoms with E-state index in [0.29, 0.717) is 30.8 Å². The lowest BCUT2D eigenvalue weighted by atomic mass is 9.99. The quantitative estimate of drug-likeness (QED) is 0.265. The number of nitrogens with one attached hydrogen (secondary N) is 2. The van der Waals surface area contributed by atoms with Gasteiger partial charge in [-0.2, -0.15) is 8.78 Å². The van der Waals surface area contributed by atoms with Crippen molar-refractivity contribution in [3.05, 3.63) is 35.6 Å². The summed E-state index contributed by atoms with van der Waals surface area (Å²) in [7, 11) is 1.51. The molecule has 3 rings (SSSR count). The number of hydrogen-bond donors (Lipinski definition) is 4. The maximum absolute atomic E-state index is 14.9. The summed E-state index contributed by atoms with van der Waals surface area (Å²) in [6.07, 6.45) is 0.662. The molecule has 6 N–H and O–H groups in total. The van der Waals surface area contributed by atoms with E-state index in [0.717, 1.165) is 6.07 Å². The molecule has 0 bridgehead atoms. The van der Waals surface area contributed by atoms with Crippen LogP contribution in [0.15, 0.2) is 24.3 Å². The zero-order valence-corrected chi connectivity index (χ0v) is 21.1. The van der Waals surface area contributed by atoms with Crippen molar-refractivity contribution in [2.24, 2.45) is 17.4 Å². The van der Waals surface area contributed by atoms with Crippen LogP contribution < -0.4 is 26.8 Å². The topological polar surface area (TPSA) is 142 Å². The lowest BCUT2D eigenvalue weighted by molar-refractivity contribution is -0.0523. The van der Waals surface area contributed by atoms with Crippen molar-refractivity contribution < 1.29 is 27.4 Å². The monoisotopic (exact) mass is 523 g/mol. The molecule has 2 heterocycles. The van der Waals surface area contributed by atoms with Gasteiger partial charge in [-0.05, 0) is 43.5 Å². The largest absolute Gasteiger partial charge is 0.415 e. The van der Waals surface area contributed by atoms with Gasteiger partial charge in [-0.15, -0.1) is 5.10 Å². The Balaban J connectivity index is 2.01. The van der Waals surface area contributed by atoms with E-state index in [4.69, 9.17) is 16.2 Å². The molecule has 1 aromatic carbocycles. The average molecular weight is 524 g/mol. The smallest absolute Gasteiger partial charge is 0.388 e. The number of carbonyl (C=O) groups is 1. The fourth-order valence-corrected chi connectivity index (χ4v) is 3.85. The van der Waals surface area contributed by atoms with Gasteiger partial charge in [0.2, 0.25) is 5.88 Å². The summed E-state index contributed by atoms with van der Waals surface area (Å²) < 4.78 is 52.0. The molecule has 2 atom stereocenters. The fraction of sp³-hybridized carbons (Fsp3) is 0.458. The number of benzene rings is 1. The van der Waals surface area contributed by atoms with E-state index >= 15 is 0 Å². The molecule has 13 heteroatoms. The summed E-state index contributed by atoms with van der Waals surface area (Å²) in [5, 5.41) is 10.4. The molecule has 0 saturated heterocycles. The Morgan fingerprint density at radius 3 is 2.51 bits per heavy atom. The van der Waals surface area contributed by atoms with Crippen molar-refractivity contribution in [1.82, 2.24) is 14.8 Å². The Labute approximate surface area is 212 Å². The number of alkyl halides is 2. The van der Waals surface area contributed by atoms with Crippen LogP contribution in [0.25, 0.3) is 10.9 Å². The Bertz CT molecular complexity index is 1230. The van der Waals surface area contributed by atoms with E-state index in [1.165, 1.54) is 17.9 Å². The molecule has 0 unspecified atom stereocenters. The second kappa shape index (κ2) is 12.1. The van der Waals surface area contributed by atoms with Crippen LogP contribution in [-0.2, 0) is 11.3 Å². The maximum atomic E-state index is 14.9. The predicted octanol–water partition coefficient (Wildman–Crippen LogP) is 3.83. The third-order valence-electron chi connectivity index (χ3n) is 5.61. The second-order valence-corrected chi connectivity index (χ2v) is 9.08. The van der Waals surface area contributed by atoms with Gasteiger partial charge in [0.25, 0.3) is 5.91 Å². The average Bonchev–Trinajstić information content (AvgIpc) is 3.14. The molecular formula is C24H32F3N7O3. The van der Waals surface area contributed by atoms with E-state index in [-0.39, 0.29) is 46.5 Å². The number of hydrogen-bond acceptors (Lipinski definition) is 8. The standard InChI is InChI=1S/C24H32F3N7O3/c1-12(2)9-18(13(3)28)31-22-17(25)11-16(20(29)35)21(32-22)30-14-5-6-19-15(10-14)23(37-24(26)27)33-34(19)7-8-36-4/h5-6,10-13,18,24H,7-9,28H2,1-4H3,(H2,29,35)(H2,30,31,32)/t13-,18+/m0/s1. The second-order valence-electron chi connectivity index (χ2n) is 9.08. The normalized spacial score (nSPS) is 13.2. The van der Waals surface area contributed by atoms with E-state index in [9.17, 15) is 18.0 Å². The number of pyridine rings is 1. The molecular weight excluding hydrogens is 491 g/mol. The Morgan fingerprint density at radius 2 is 1.92 bits per heavy atom. The summed E-state index contributed by atoms with van der Waals surface area (Å²) in [5.41, 5.74) is 12.2. The summed E-state index contributed by atoms with van der Waals surface area (Å²) >= 11 is 0. The highest BCUT2D eigenvalue weighted by Gasteiger charge is 2.22. The Hall–Kier alpha value is -3.58. The van der Waals surface area contributed by atoms with Gasteiger partial charge in [0.15, 0.2) is 11.6 Å². The first-order valence-corrected chi connectivity index (χ1v) is 11.7. The molecule has 0 radical (unpaired) electrons. The number of methoxy groups -OCH3 is 1. The zero-order chi connectivity index (χ0) is 27.3. The highest BCUT2D eigenvalue weighted by atomic mass is 19.3. The fourth-order valence-electron chi connectivity index (χ4n) is 3.85. The van der Waals surface area contributed by atoms with Crippen molar-refractivity contribution in [3.63, 3.8) is 0 Å². The van der Waals surface area contributed by atoms with Crippen LogP contribution in [0.4, 0.5) is 30.5 Å². The molecule has 0 fully saturated rings. The first kappa shape index (κ1) is 28.0. The number of ether oxygens (including phenoxy) is 2. The molecule has 0 aliphatic carbocycles. The van der Waals surface area contributed by atoms with Gasteiger partial charge in [0, 0.05) is 24.9 Å². The minimum absolute atomic E-state index is 0.0215. The number of rotatable bonds is 13. The molecule has 37 heavy (non-hydrogen) atoms. The van der Waals surface area contributed by atoms with Crippen LogP contribution >= 0.6 is 0 Å². The first-order chi connectivity index (χ1) is 17.5. The van der Waals surface area contributed by atoms with E-state index in [1.54, 1.807) is 19.1 Å². The van der Waals surface area contributed by atoms with Crippen LogP contribution in [0.2, 0.25) is 0 Å². The van der Waals surface area contributed by atoms with Gasteiger partial charge >= 0.3 is 6.61 Å². The number of anilines is 3. The van der Waals surface area contributed by atoms with E-state index < -0.39 is 18.3 Å². The molecule has 10 nitrogen and oxygen atoms in total. The lowest BCUT2D eigenvalue weighted by Gasteiger charge is -2.25. The number of nitrogens with zero attached hydrogens (tertiary/aromatic N) is 3. The van der Waals surface area contributed by atoms with Crippen LogP contribution in [0, 0.1) is 11.7 Å². The molecule has 202 valence electrons. The molecule has 0 spiro atoms. The van der Waals surface area contributed by atoms with Gasteiger partial charge in [-0.3, -0.25) is 9.48 Å². The molecule has 0 aliphatic heterocycles. The molecule has 1 amide bonds. The van der Waals surface area contributed by atoms with Gasteiger partial charge in [0.1, 0.15) is 5.82 Å². The number of primary amides is 1. The van der Waals surface area contributed by atoms with Gasteiger partial charge < -0.3 is 31.6 Å². The van der Waals surface area contributed by atoms with Crippen LogP contribution in [0.5, 0.6) is 5.88 Å². The van der Waals surface area contributed by atoms with Crippen LogP contribution in [0.1, 0.15) is 37.6 Å². The summed E-state index contributed by atoms with van der Waals surface area (Å²) in [5.74, 6) is -1.78. The predicted molar refractivity (Wildman–Crippen MR) is 135 cm³/mol. The van der Waals surface area contributed by atoms with Crippen molar-refractivity contribution in [2.45, 2.75) is 52.4 Å². The zero-order valence-electron chi connectivity index (χ0n) is 21.1. The summed E-state index contributed by atoms with van der Waals surface area (Å²) in [4.78, 5) is 16.3. The van der Waals surface area contributed by atoms with Crippen LogP contribution in [-0.4, -0.2) is 53.1 Å². The molecule has 0 saturated carbocycles. The molecule has 0 aliphatic rings. The van der Waals surface area contributed by atoms with Crippen molar-refractivity contribution >= 4 is 34.1 Å². The third kappa shape index (κ3) is 7.01. The molecule has 2 aromatic heterocycles. The highest BCUT2D eigenvalue weighted by Crippen LogP contribution is 2.31. The first-order valence-electron chi connectivity index (χ1n) is 11.7. The Morgan fingerprint density at radius 1 is 1.19 bits per heavy atom. The van der Waals surface area contributed by atoms with Gasteiger partial charge in [0.05, 0.1) is 29.6 Å². The van der Waals surface area contributed by atoms with Crippen molar-refractivity contribution in [2.75, 3.05) is 24.4 Å². The minimum Gasteiger partial charge on any atom is -0.415 e.